The quantitative estimate of drug-likeness (QED) is 0.767. The third-order valence-corrected chi connectivity index (χ3v) is 5.06. The lowest BCUT2D eigenvalue weighted by atomic mass is 9.90. The molecule has 3 rings (SSSR count). The molecule has 0 fully saturated rings. The number of benzene rings is 1. The van der Waals surface area contributed by atoms with E-state index in [9.17, 15) is 5.26 Å². The first-order chi connectivity index (χ1) is 13.6. The number of halogens is 1. The minimum Gasteiger partial charge on any atom is -0.493 e. The Labute approximate surface area is 177 Å². The zero-order chi connectivity index (χ0) is 20.3. The number of pyridine rings is 1. The lowest BCUT2D eigenvalue weighted by Crippen LogP contribution is -2.32. The van der Waals surface area contributed by atoms with E-state index in [1.54, 1.807) is 21.3 Å². The predicted octanol–water partition coefficient (Wildman–Crippen LogP) is 3.42. The summed E-state index contributed by atoms with van der Waals surface area (Å²) in [5.74, 6) is 1.84. The third-order valence-electron chi connectivity index (χ3n) is 5.06. The van der Waals surface area contributed by atoms with Crippen LogP contribution in [0.4, 0.5) is 5.82 Å². The molecule has 0 bridgehead atoms. The fourth-order valence-electron chi connectivity index (χ4n) is 3.80. The molecule has 2 aromatic rings. The Kier molecular flexibility index (Phi) is 7.54. The first-order valence-corrected chi connectivity index (χ1v) is 9.31. The van der Waals surface area contributed by atoms with E-state index in [-0.39, 0.29) is 18.2 Å². The van der Waals surface area contributed by atoms with Crippen LogP contribution in [-0.2, 0) is 13.0 Å². The van der Waals surface area contributed by atoms with Crippen LogP contribution in [0.25, 0.3) is 11.1 Å². The smallest absolute Gasteiger partial charge is 0.203 e. The summed E-state index contributed by atoms with van der Waals surface area (Å²) in [6.07, 6.45) is 1.88. The zero-order valence-corrected chi connectivity index (χ0v) is 18.1. The van der Waals surface area contributed by atoms with Gasteiger partial charge in [-0.25, -0.2) is 4.98 Å². The Morgan fingerprint density at radius 3 is 2.34 bits per heavy atom. The van der Waals surface area contributed by atoms with Crippen molar-refractivity contribution in [3.63, 3.8) is 0 Å². The van der Waals surface area contributed by atoms with E-state index in [0.29, 0.717) is 22.8 Å². The molecule has 0 amide bonds. The Balaban J connectivity index is 0.00000300. The number of hydrogen-bond acceptors (Lipinski definition) is 7. The summed E-state index contributed by atoms with van der Waals surface area (Å²) in [5.41, 5.74) is 10.1. The van der Waals surface area contributed by atoms with Gasteiger partial charge in [-0.3, -0.25) is 4.90 Å². The van der Waals surface area contributed by atoms with Crippen molar-refractivity contribution in [2.24, 2.45) is 0 Å². The summed E-state index contributed by atoms with van der Waals surface area (Å²) < 4.78 is 16.4. The number of methoxy groups -OCH3 is 3. The van der Waals surface area contributed by atoms with Crippen molar-refractivity contribution in [3.8, 4) is 34.4 Å². The monoisotopic (exact) mass is 418 g/mol. The fraction of sp³-hybridized carbons (Fsp3) is 0.429. The maximum atomic E-state index is 9.81. The predicted molar refractivity (Wildman–Crippen MR) is 115 cm³/mol. The first kappa shape index (κ1) is 22.6. The molecular weight excluding hydrogens is 392 g/mol. The van der Waals surface area contributed by atoms with E-state index >= 15 is 0 Å². The fourth-order valence-corrected chi connectivity index (χ4v) is 3.80. The van der Waals surface area contributed by atoms with Gasteiger partial charge < -0.3 is 19.9 Å². The Hall–Kier alpha value is -2.69. The van der Waals surface area contributed by atoms with E-state index in [2.05, 4.69) is 22.9 Å². The molecule has 0 spiro atoms. The molecule has 0 saturated heterocycles. The normalized spacial score (nSPS) is 13.1. The van der Waals surface area contributed by atoms with Crippen LogP contribution in [0.3, 0.4) is 0 Å². The molecule has 0 atom stereocenters. The van der Waals surface area contributed by atoms with Crippen molar-refractivity contribution < 1.29 is 14.2 Å². The molecule has 156 valence electrons. The molecular formula is C21H27ClN4O3. The Morgan fingerprint density at radius 1 is 1.17 bits per heavy atom. The number of rotatable bonds is 6. The summed E-state index contributed by atoms with van der Waals surface area (Å²) in [6, 6.07) is 5.96. The van der Waals surface area contributed by atoms with Crippen molar-refractivity contribution in [1.29, 1.82) is 5.26 Å². The number of anilines is 1. The minimum absolute atomic E-state index is 0. The van der Waals surface area contributed by atoms with E-state index in [1.165, 1.54) is 0 Å². The average Bonchev–Trinajstić information content (AvgIpc) is 2.72. The molecule has 29 heavy (non-hydrogen) atoms. The SMILES string of the molecule is CCCN1CCc2nc(N)c(C#N)c(-c3cc(OC)c(OC)c(OC)c3)c2C1.Cl. The van der Waals surface area contributed by atoms with Gasteiger partial charge in [0.15, 0.2) is 11.5 Å². The van der Waals surface area contributed by atoms with Gasteiger partial charge in [0, 0.05) is 30.8 Å². The maximum absolute atomic E-state index is 9.81. The highest BCUT2D eigenvalue weighted by atomic mass is 35.5. The van der Waals surface area contributed by atoms with Crippen molar-refractivity contribution in [2.75, 3.05) is 40.2 Å². The van der Waals surface area contributed by atoms with Crippen LogP contribution >= 0.6 is 12.4 Å². The highest BCUT2D eigenvalue weighted by molar-refractivity contribution is 5.85. The van der Waals surface area contributed by atoms with E-state index in [0.717, 1.165) is 54.9 Å². The van der Waals surface area contributed by atoms with Crippen LogP contribution in [0.15, 0.2) is 12.1 Å². The van der Waals surface area contributed by atoms with Crippen molar-refractivity contribution >= 4 is 18.2 Å². The minimum atomic E-state index is 0. The molecule has 1 aromatic carbocycles. The average molecular weight is 419 g/mol. The van der Waals surface area contributed by atoms with Crippen LogP contribution in [0.2, 0.25) is 0 Å². The van der Waals surface area contributed by atoms with Crippen molar-refractivity contribution in [1.82, 2.24) is 9.88 Å². The molecule has 7 nitrogen and oxygen atoms in total. The number of ether oxygens (including phenoxy) is 3. The molecule has 0 unspecified atom stereocenters. The summed E-state index contributed by atoms with van der Waals surface area (Å²) in [4.78, 5) is 6.90. The van der Waals surface area contributed by atoms with Gasteiger partial charge in [0.1, 0.15) is 17.5 Å². The summed E-state index contributed by atoms with van der Waals surface area (Å²) >= 11 is 0. The third kappa shape index (κ3) is 4.19. The number of hydrogen-bond donors (Lipinski definition) is 1. The van der Waals surface area contributed by atoms with E-state index < -0.39 is 0 Å². The lowest BCUT2D eigenvalue weighted by molar-refractivity contribution is 0.253. The van der Waals surface area contributed by atoms with Gasteiger partial charge >= 0.3 is 0 Å². The second-order valence-electron chi connectivity index (χ2n) is 6.72. The maximum Gasteiger partial charge on any atom is 0.203 e. The number of nitriles is 1. The molecule has 0 radical (unpaired) electrons. The highest BCUT2D eigenvalue weighted by Gasteiger charge is 2.26. The molecule has 1 aliphatic rings. The number of aromatic nitrogens is 1. The summed E-state index contributed by atoms with van der Waals surface area (Å²) in [5, 5.41) is 9.81. The Morgan fingerprint density at radius 2 is 1.83 bits per heavy atom. The Bertz CT molecular complexity index is 902. The molecule has 0 saturated carbocycles. The van der Waals surface area contributed by atoms with Gasteiger partial charge in [-0.15, -0.1) is 12.4 Å². The van der Waals surface area contributed by atoms with Gasteiger partial charge in [0.2, 0.25) is 5.75 Å². The van der Waals surface area contributed by atoms with Crippen LogP contribution in [0.5, 0.6) is 17.2 Å². The molecule has 2 heterocycles. The van der Waals surface area contributed by atoms with Gasteiger partial charge in [0.05, 0.1) is 21.3 Å². The topological polar surface area (TPSA) is 93.6 Å². The van der Waals surface area contributed by atoms with E-state index in [4.69, 9.17) is 19.9 Å². The number of nitrogens with zero attached hydrogens (tertiary/aromatic N) is 3. The second-order valence-corrected chi connectivity index (χ2v) is 6.72. The lowest BCUT2D eigenvalue weighted by Gasteiger charge is -2.30. The van der Waals surface area contributed by atoms with Crippen molar-refractivity contribution in [3.05, 3.63) is 29.0 Å². The largest absolute Gasteiger partial charge is 0.493 e. The van der Waals surface area contributed by atoms with E-state index in [1.807, 2.05) is 12.1 Å². The number of nitrogens with two attached hydrogens (primary N) is 1. The summed E-state index contributed by atoms with van der Waals surface area (Å²) in [7, 11) is 4.72. The van der Waals surface area contributed by atoms with Crippen LogP contribution < -0.4 is 19.9 Å². The van der Waals surface area contributed by atoms with Gasteiger partial charge in [-0.1, -0.05) is 6.92 Å². The van der Waals surface area contributed by atoms with Crippen molar-refractivity contribution in [2.45, 2.75) is 26.3 Å². The highest BCUT2D eigenvalue weighted by Crippen LogP contribution is 2.44. The standard InChI is InChI=1S/C21H26N4O3.ClH/c1-5-7-25-8-6-16-15(12-25)19(14(11-22)21(23)24-16)13-9-17(26-2)20(28-4)18(10-13)27-3;/h9-10H,5-8,12H2,1-4H3,(H2,23,24);1H. The molecule has 2 N–H and O–H groups in total. The second kappa shape index (κ2) is 9.68. The van der Waals surface area contributed by atoms with Gasteiger partial charge in [0.25, 0.3) is 0 Å². The molecule has 8 heteroatoms. The first-order valence-electron chi connectivity index (χ1n) is 9.31. The van der Waals surface area contributed by atoms with Crippen LogP contribution in [-0.4, -0.2) is 44.3 Å². The molecule has 1 aromatic heterocycles. The van der Waals surface area contributed by atoms with Gasteiger partial charge in [-0.05, 0) is 36.2 Å². The number of nitrogen functional groups attached to an aromatic ring is 1. The molecule has 0 aliphatic carbocycles. The number of fused-ring (bicyclic) bond motifs is 1. The van der Waals surface area contributed by atoms with Gasteiger partial charge in [-0.2, -0.15) is 5.26 Å². The summed E-state index contributed by atoms with van der Waals surface area (Å²) in [6.45, 7) is 4.84. The van der Waals surface area contributed by atoms with Crippen LogP contribution in [0, 0.1) is 11.3 Å². The van der Waals surface area contributed by atoms with Crippen LogP contribution in [0.1, 0.15) is 30.2 Å². The molecule has 1 aliphatic heterocycles. The zero-order valence-electron chi connectivity index (χ0n) is 17.2.